The monoisotopic (exact) mass is 392 g/mol. The molecule has 0 saturated heterocycles. The minimum atomic E-state index is -0.363. The van der Waals surface area contributed by atoms with Crippen LogP contribution in [-0.4, -0.2) is 25.0 Å². The summed E-state index contributed by atoms with van der Waals surface area (Å²) >= 11 is 0. The van der Waals surface area contributed by atoms with Gasteiger partial charge in [0.05, 0.1) is 13.2 Å². The van der Waals surface area contributed by atoms with E-state index in [1.54, 1.807) is 13.0 Å². The fourth-order valence-corrected chi connectivity index (χ4v) is 2.72. The number of ether oxygens (including phenoxy) is 2. The number of benzene rings is 2. The van der Waals surface area contributed by atoms with E-state index < -0.39 is 0 Å². The van der Waals surface area contributed by atoms with Crippen LogP contribution in [0, 0.1) is 0 Å². The van der Waals surface area contributed by atoms with Gasteiger partial charge in [0.1, 0.15) is 5.75 Å². The molecule has 0 aliphatic carbocycles. The Morgan fingerprint density at radius 2 is 1.45 bits per heavy atom. The maximum absolute atomic E-state index is 11.0. The lowest BCUT2D eigenvalue weighted by Crippen LogP contribution is -2.02. The molecule has 0 aromatic heterocycles. The topological polar surface area (TPSA) is 52.6 Å². The van der Waals surface area contributed by atoms with Gasteiger partial charge in [-0.1, -0.05) is 49.1 Å². The molecule has 0 fully saturated rings. The molecule has 29 heavy (non-hydrogen) atoms. The third-order valence-corrected chi connectivity index (χ3v) is 4.33. The van der Waals surface area contributed by atoms with Crippen molar-refractivity contribution in [2.45, 2.75) is 32.6 Å². The van der Waals surface area contributed by atoms with Crippen molar-refractivity contribution in [2.24, 2.45) is 0 Å². The minimum Gasteiger partial charge on any atom is -0.494 e. The molecule has 0 radical (unpaired) electrons. The van der Waals surface area contributed by atoms with E-state index >= 15 is 0 Å². The van der Waals surface area contributed by atoms with Gasteiger partial charge in [0.25, 0.3) is 0 Å². The standard InChI is InChI=1S/C25H28O4/c1-3-25(27)29-19-7-5-4-6-18-28-24-16-14-23(15-17-24)22-12-10-21(11-13-22)9-8-20(2)26/h3,8-17H,1,4-7,18-19H2,2H3/b9-8+. The smallest absolute Gasteiger partial charge is 0.330 e. The number of carbonyl (C=O) groups excluding carboxylic acids is 2. The fourth-order valence-electron chi connectivity index (χ4n) is 2.72. The number of allylic oxidation sites excluding steroid dienone is 1. The Kier molecular flexibility index (Phi) is 9.43. The molecule has 152 valence electrons. The van der Waals surface area contributed by atoms with Crippen LogP contribution in [0.2, 0.25) is 0 Å². The number of carbonyl (C=O) groups is 2. The SMILES string of the molecule is C=CC(=O)OCCCCCCOc1ccc(-c2ccc(/C=C/C(C)=O)cc2)cc1. The molecule has 0 N–H and O–H groups in total. The maximum Gasteiger partial charge on any atom is 0.330 e. The first-order valence-corrected chi connectivity index (χ1v) is 9.89. The molecule has 2 aromatic carbocycles. The minimum absolute atomic E-state index is 0.0405. The van der Waals surface area contributed by atoms with Crippen molar-refractivity contribution in [1.82, 2.24) is 0 Å². The van der Waals surface area contributed by atoms with E-state index in [1.807, 2.05) is 54.6 Å². The molecular formula is C25H28O4. The van der Waals surface area contributed by atoms with Gasteiger partial charge in [0.15, 0.2) is 5.78 Å². The summed E-state index contributed by atoms with van der Waals surface area (Å²) in [7, 11) is 0. The highest BCUT2D eigenvalue weighted by Crippen LogP contribution is 2.23. The van der Waals surface area contributed by atoms with Gasteiger partial charge in [-0.15, -0.1) is 0 Å². The highest BCUT2D eigenvalue weighted by Gasteiger charge is 2.00. The van der Waals surface area contributed by atoms with Gasteiger partial charge in [-0.2, -0.15) is 0 Å². The normalized spacial score (nSPS) is 10.7. The maximum atomic E-state index is 11.0. The molecule has 2 rings (SSSR count). The predicted molar refractivity (Wildman–Crippen MR) is 117 cm³/mol. The van der Waals surface area contributed by atoms with Gasteiger partial charge in [0, 0.05) is 6.08 Å². The van der Waals surface area contributed by atoms with Crippen LogP contribution in [0.3, 0.4) is 0 Å². The van der Waals surface area contributed by atoms with E-state index in [0.29, 0.717) is 13.2 Å². The van der Waals surface area contributed by atoms with Crippen LogP contribution in [0.4, 0.5) is 0 Å². The summed E-state index contributed by atoms with van der Waals surface area (Å²) in [5, 5.41) is 0. The summed E-state index contributed by atoms with van der Waals surface area (Å²) in [6, 6.07) is 16.1. The zero-order valence-corrected chi connectivity index (χ0v) is 16.9. The Balaban J connectivity index is 1.70. The van der Waals surface area contributed by atoms with Crippen LogP contribution in [0.1, 0.15) is 38.2 Å². The molecule has 0 saturated carbocycles. The van der Waals surface area contributed by atoms with Crippen LogP contribution in [0.25, 0.3) is 17.2 Å². The second-order valence-corrected chi connectivity index (χ2v) is 6.72. The number of rotatable bonds is 12. The summed E-state index contributed by atoms with van der Waals surface area (Å²) < 4.78 is 10.7. The van der Waals surface area contributed by atoms with Crippen LogP contribution >= 0.6 is 0 Å². The number of unbranched alkanes of at least 4 members (excludes halogenated alkanes) is 3. The second-order valence-electron chi connectivity index (χ2n) is 6.72. The Hall–Kier alpha value is -3.14. The van der Waals surface area contributed by atoms with Gasteiger partial charge in [-0.3, -0.25) is 4.79 Å². The molecule has 0 atom stereocenters. The molecule has 0 heterocycles. The molecule has 0 bridgehead atoms. The predicted octanol–water partition coefficient (Wildman–Crippen LogP) is 5.62. The van der Waals surface area contributed by atoms with Crippen molar-refractivity contribution in [3.05, 3.63) is 72.8 Å². The first-order chi connectivity index (χ1) is 14.1. The molecule has 0 unspecified atom stereocenters. The highest BCUT2D eigenvalue weighted by atomic mass is 16.5. The van der Waals surface area contributed by atoms with Crippen LogP contribution in [0.15, 0.2) is 67.3 Å². The van der Waals surface area contributed by atoms with Crippen molar-refractivity contribution < 1.29 is 19.1 Å². The number of hydrogen-bond donors (Lipinski definition) is 0. The third-order valence-electron chi connectivity index (χ3n) is 4.33. The van der Waals surface area contributed by atoms with Crippen LogP contribution < -0.4 is 4.74 Å². The van der Waals surface area contributed by atoms with E-state index in [-0.39, 0.29) is 11.8 Å². The Morgan fingerprint density at radius 1 is 0.862 bits per heavy atom. The van der Waals surface area contributed by atoms with Gasteiger partial charge >= 0.3 is 5.97 Å². The van der Waals surface area contributed by atoms with E-state index in [9.17, 15) is 9.59 Å². The molecule has 0 amide bonds. The summed E-state index contributed by atoms with van der Waals surface area (Å²) in [6.45, 7) is 6.02. The van der Waals surface area contributed by atoms with Crippen molar-refractivity contribution in [2.75, 3.05) is 13.2 Å². The summed E-state index contributed by atoms with van der Waals surface area (Å²) in [6.07, 6.45) is 8.43. The number of hydrogen-bond acceptors (Lipinski definition) is 4. The molecule has 4 nitrogen and oxygen atoms in total. The van der Waals surface area contributed by atoms with Crippen molar-refractivity contribution in [3.8, 4) is 16.9 Å². The lowest BCUT2D eigenvalue weighted by atomic mass is 10.0. The first-order valence-electron chi connectivity index (χ1n) is 9.89. The molecule has 2 aromatic rings. The molecule has 0 aliphatic heterocycles. The zero-order valence-electron chi connectivity index (χ0n) is 16.9. The number of ketones is 1. The van der Waals surface area contributed by atoms with E-state index in [2.05, 4.69) is 6.58 Å². The first kappa shape index (κ1) is 22.2. The second kappa shape index (κ2) is 12.3. The van der Waals surface area contributed by atoms with Gasteiger partial charge in [0.2, 0.25) is 0 Å². The Bertz CT molecular complexity index is 817. The molecule has 4 heteroatoms. The molecule has 0 spiro atoms. The van der Waals surface area contributed by atoms with Gasteiger partial charge < -0.3 is 9.47 Å². The molecular weight excluding hydrogens is 364 g/mol. The summed E-state index contributed by atoms with van der Waals surface area (Å²) in [5.41, 5.74) is 3.24. The van der Waals surface area contributed by atoms with Crippen LogP contribution in [-0.2, 0) is 14.3 Å². The van der Waals surface area contributed by atoms with E-state index in [4.69, 9.17) is 9.47 Å². The molecule has 0 aliphatic rings. The highest BCUT2D eigenvalue weighted by molar-refractivity contribution is 5.91. The van der Waals surface area contributed by atoms with Gasteiger partial charge in [-0.05, 0) is 67.5 Å². The average molecular weight is 392 g/mol. The van der Waals surface area contributed by atoms with Crippen molar-refractivity contribution in [3.63, 3.8) is 0 Å². The summed E-state index contributed by atoms with van der Waals surface area (Å²) in [5.74, 6) is 0.533. The van der Waals surface area contributed by atoms with E-state index in [1.165, 1.54) is 6.08 Å². The van der Waals surface area contributed by atoms with Crippen molar-refractivity contribution >= 4 is 17.8 Å². The summed E-state index contributed by atoms with van der Waals surface area (Å²) in [4.78, 5) is 21.9. The average Bonchev–Trinajstić information content (AvgIpc) is 2.74. The quantitative estimate of drug-likeness (QED) is 0.267. The third kappa shape index (κ3) is 8.60. The lowest BCUT2D eigenvalue weighted by Gasteiger charge is -2.08. The zero-order chi connectivity index (χ0) is 20.9. The Labute approximate surface area is 172 Å². The fraction of sp³-hybridized carbons (Fsp3) is 0.280. The van der Waals surface area contributed by atoms with Gasteiger partial charge in [-0.25, -0.2) is 4.79 Å². The van der Waals surface area contributed by atoms with E-state index in [0.717, 1.165) is 48.1 Å². The lowest BCUT2D eigenvalue weighted by molar-refractivity contribution is -0.137. The van der Waals surface area contributed by atoms with Crippen LogP contribution in [0.5, 0.6) is 5.75 Å². The number of esters is 1. The van der Waals surface area contributed by atoms with Crippen molar-refractivity contribution in [1.29, 1.82) is 0 Å². The largest absolute Gasteiger partial charge is 0.494 e. The Morgan fingerprint density at radius 3 is 2.03 bits per heavy atom.